The van der Waals surface area contributed by atoms with Gasteiger partial charge < -0.3 is 19.3 Å². The molecule has 0 saturated heterocycles. The van der Waals surface area contributed by atoms with Crippen molar-refractivity contribution in [2.75, 3.05) is 20.1 Å². The summed E-state index contributed by atoms with van der Waals surface area (Å²) in [6.45, 7) is 8.02. The molecule has 6 nitrogen and oxygen atoms in total. The van der Waals surface area contributed by atoms with Crippen LogP contribution in [0.1, 0.15) is 54.0 Å². The van der Waals surface area contributed by atoms with Crippen molar-refractivity contribution in [3.05, 3.63) is 41.0 Å². The van der Waals surface area contributed by atoms with E-state index in [0.717, 1.165) is 55.0 Å². The van der Waals surface area contributed by atoms with E-state index in [0.29, 0.717) is 5.75 Å². The number of aliphatic carboxylic acids is 1. The average molecular weight is 486 g/mol. The summed E-state index contributed by atoms with van der Waals surface area (Å²) >= 11 is 0. The zero-order valence-electron chi connectivity index (χ0n) is 22.1. The van der Waals surface area contributed by atoms with E-state index in [9.17, 15) is 13.2 Å². The maximum Gasteiger partial charge on any atom is 0.490 e. The number of nitrogens with zero attached hydrogens (tertiary/aromatic N) is 1. The van der Waals surface area contributed by atoms with Gasteiger partial charge in [-0.25, -0.2) is 4.79 Å². The monoisotopic (exact) mass is 485 g/mol. The summed E-state index contributed by atoms with van der Waals surface area (Å²) in [5.74, 6) is -1.62. The van der Waals surface area contributed by atoms with Crippen LogP contribution in [0.5, 0.6) is 17.2 Å². The van der Waals surface area contributed by atoms with Crippen molar-refractivity contribution in [1.82, 2.24) is 4.90 Å². The van der Waals surface area contributed by atoms with Crippen LogP contribution in [-0.4, -0.2) is 48.1 Å². The van der Waals surface area contributed by atoms with Crippen LogP contribution in [0.3, 0.4) is 0 Å². The Kier molecular flexibility index (Phi) is 5.22. The molecule has 2 aromatic rings. The predicted octanol–water partition coefficient (Wildman–Crippen LogP) is 5.37. The molecule has 34 heavy (non-hydrogen) atoms. The maximum absolute atomic E-state index is 10.6. The largest absolute Gasteiger partial charge is 0.497 e. The molecule has 1 aliphatic carbocycles. The van der Waals surface area contributed by atoms with E-state index in [-0.39, 0.29) is 6.04 Å². The molecule has 3 aliphatic rings. The molecule has 0 bridgehead atoms. The van der Waals surface area contributed by atoms with Crippen molar-refractivity contribution in [1.29, 1.82) is 0 Å². The van der Waals surface area contributed by atoms with Gasteiger partial charge in [-0.05, 0) is 66.3 Å². The van der Waals surface area contributed by atoms with Gasteiger partial charge in [0.05, 0.1) is 11.2 Å². The van der Waals surface area contributed by atoms with Crippen molar-refractivity contribution in [3.63, 3.8) is 0 Å². The Hall–Kier alpha value is -2.94. The number of alkyl halides is 3. The van der Waals surface area contributed by atoms with Gasteiger partial charge in [0.15, 0.2) is 11.5 Å². The number of rotatable bonds is 3. The van der Waals surface area contributed by atoms with Crippen LogP contribution in [0.25, 0.3) is 11.1 Å². The fourth-order valence-electron chi connectivity index (χ4n) is 4.93. The molecule has 2 aromatic carbocycles. The van der Waals surface area contributed by atoms with Gasteiger partial charge in [-0.2, -0.15) is 13.2 Å². The van der Waals surface area contributed by atoms with Crippen LogP contribution in [0, 0.1) is 0 Å². The molecule has 184 valence electrons. The van der Waals surface area contributed by atoms with E-state index in [4.69, 9.17) is 28.2 Å². The average Bonchev–Trinajstić information content (AvgIpc) is 3.08. The minimum Gasteiger partial charge on any atom is -0.497 e. The highest BCUT2D eigenvalue weighted by molar-refractivity contribution is 5.84. The second-order valence-corrected chi connectivity index (χ2v) is 8.99. The van der Waals surface area contributed by atoms with Crippen LogP contribution in [0.2, 0.25) is 0 Å². The molecule has 1 atom stereocenters. The van der Waals surface area contributed by atoms with E-state index in [2.05, 4.69) is 17.9 Å². The molecule has 2 aliphatic heterocycles. The van der Waals surface area contributed by atoms with E-state index in [1.54, 1.807) is 0 Å². The Labute approximate surface area is 200 Å². The lowest BCUT2D eigenvalue weighted by atomic mass is 9.76. The van der Waals surface area contributed by atoms with E-state index in [1.807, 2.05) is 32.0 Å². The summed E-state index contributed by atoms with van der Waals surface area (Å²) in [6.07, 6.45) is -2.19. The minimum absolute atomic E-state index is 0.284. The van der Waals surface area contributed by atoms with Gasteiger partial charge in [-0.3, -0.25) is 4.90 Å². The van der Waals surface area contributed by atoms with Crippen LogP contribution in [-0.2, 0) is 17.6 Å². The summed E-state index contributed by atoms with van der Waals surface area (Å²) < 4.78 is 71.9. The summed E-state index contributed by atoms with van der Waals surface area (Å²) in [4.78, 5) is 11.4. The molecule has 5 rings (SSSR count). The van der Waals surface area contributed by atoms with Gasteiger partial charge in [0, 0.05) is 32.0 Å². The quantitative estimate of drug-likeness (QED) is 0.631. The Morgan fingerprint density at radius 2 is 2.03 bits per heavy atom. The third-order valence-corrected chi connectivity index (χ3v) is 6.15. The number of hydrogen-bond donors (Lipinski definition) is 1. The van der Waals surface area contributed by atoms with Crippen molar-refractivity contribution >= 4 is 5.97 Å². The number of methoxy groups -OCH3 is 1. The van der Waals surface area contributed by atoms with Crippen molar-refractivity contribution < 1.29 is 41.4 Å². The van der Waals surface area contributed by atoms with Crippen molar-refractivity contribution in [2.24, 2.45) is 0 Å². The Morgan fingerprint density at radius 1 is 1.29 bits per heavy atom. The Bertz CT molecular complexity index is 1210. The lowest BCUT2D eigenvalue weighted by Crippen LogP contribution is -2.39. The fourth-order valence-corrected chi connectivity index (χ4v) is 4.93. The third kappa shape index (κ3) is 4.41. The molecule has 0 unspecified atom stereocenters. The number of ether oxygens (including phenoxy) is 3. The third-order valence-electron chi connectivity index (χ3n) is 6.15. The van der Waals surface area contributed by atoms with Crippen LogP contribution >= 0.6 is 0 Å². The predicted molar refractivity (Wildman–Crippen MR) is 119 cm³/mol. The smallest absolute Gasteiger partial charge is 0.490 e. The standard InChI is InChI=1S/C23H27NO3.C2HF3O2/c1-5-9-24-10-8-15-11-16(25-4)13-17-20(15)18(24)12-14-6-7-19-22(21(14)17)27-23(2,3)26-19;3-2(4,5)1(6)7/h6-7,11,13,18H,5,8-10,12H2,1-4H3;(H,6,7)/t18-;/m1./s1/i4T3;. The number of fused-ring (bicyclic) bond motifs is 4. The summed E-state index contributed by atoms with van der Waals surface area (Å²) in [5.41, 5.74) is 5.68. The first kappa shape index (κ1) is 20.4. The number of halogens is 3. The number of benzene rings is 2. The fraction of sp³-hybridized carbons (Fsp3) is 0.480. The molecular weight excluding hydrogens is 451 g/mol. The van der Waals surface area contributed by atoms with E-state index < -0.39 is 25.0 Å². The first-order valence-corrected chi connectivity index (χ1v) is 11.0. The molecule has 0 aromatic heterocycles. The maximum atomic E-state index is 10.6. The number of hydrogen-bond acceptors (Lipinski definition) is 5. The van der Waals surface area contributed by atoms with Gasteiger partial charge >= 0.3 is 12.1 Å². The lowest BCUT2D eigenvalue weighted by molar-refractivity contribution is -0.192. The molecule has 0 spiro atoms. The zero-order chi connectivity index (χ0) is 27.3. The molecule has 0 amide bonds. The normalized spacial score (nSPS) is 21.1. The molecule has 9 heteroatoms. The summed E-state index contributed by atoms with van der Waals surface area (Å²) in [7, 11) is -2.49. The number of carboxylic acids is 1. The molecule has 2 heterocycles. The van der Waals surface area contributed by atoms with Crippen LogP contribution in [0.15, 0.2) is 24.3 Å². The van der Waals surface area contributed by atoms with Crippen molar-refractivity contribution in [2.45, 2.75) is 58.0 Å². The Morgan fingerprint density at radius 3 is 2.68 bits per heavy atom. The highest BCUT2D eigenvalue weighted by Crippen LogP contribution is 2.54. The highest BCUT2D eigenvalue weighted by Gasteiger charge is 2.41. The highest BCUT2D eigenvalue weighted by atomic mass is 19.4. The van der Waals surface area contributed by atoms with Crippen LogP contribution in [0.4, 0.5) is 13.2 Å². The second-order valence-electron chi connectivity index (χ2n) is 8.99. The lowest BCUT2D eigenvalue weighted by Gasteiger charge is -2.42. The van der Waals surface area contributed by atoms with Crippen LogP contribution < -0.4 is 14.2 Å². The SMILES string of the molecule is O=C(O)C(F)(F)F.[3H]C([3H])([3H])Oc1cc2c3c(c1)-c1c(ccc4c1OC(C)(C)O4)C[C@H]3N(CCC)CC2. The van der Waals surface area contributed by atoms with E-state index >= 15 is 0 Å². The first-order valence-electron chi connectivity index (χ1n) is 12.5. The molecular formula is C25H28F3NO5. The number of carboxylic acid groups (broad SMARTS) is 1. The van der Waals surface area contributed by atoms with Gasteiger partial charge in [-0.15, -0.1) is 0 Å². The molecule has 0 fully saturated rings. The van der Waals surface area contributed by atoms with Gasteiger partial charge in [0.1, 0.15) is 5.75 Å². The topological polar surface area (TPSA) is 68.2 Å². The zero-order valence-corrected chi connectivity index (χ0v) is 19.1. The van der Waals surface area contributed by atoms with Gasteiger partial charge in [0.2, 0.25) is 5.79 Å². The minimum atomic E-state index is -5.08. The second kappa shape index (κ2) is 8.69. The van der Waals surface area contributed by atoms with Crippen molar-refractivity contribution in [3.8, 4) is 28.4 Å². The molecule has 0 radical (unpaired) electrons. The first-order chi connectivity index (χ1) is 17.1. The summed E-state index contributed by atoms with van der Waals surface area (Å²) in [6, 6.07) is 8.19. The number of carbonyl (C=O) groups is 1. The Balaban J connectivity index is 0.000000405. The summed E-state index contributed by atoms with van der Waals surface area (Å²) in [5, 5.41) is 7.12. The van der Waals surface area contributed by atoms with Gasteiger partial charge in [0.25, 0.3) is 0 Å². The molecule has 0 saturated carbocycles. The van der Waals surface area contributed by atoms with Gasteiger partial charge in [-0.1, -0.05) is 13.0 Å². The molecule has 1 N–H and O–H groups in total. The van der Waals surface area contributed by atoms with E-state index in [1.165, 1.54) is 16.7 Å².